The van der Waals surface area contributed by atoms with E-state index in [9.17, 15) is 13.5 Å². The van der Waals surface area contributed by atoms with Crippen LogP contribution >= 0.6 is 0 Å². The Bertz CT molecular complexity index is 260. The average molecular weight is 180 g/mol. The summed E-state index contributed by atoms with van der Waals surface area (Å²) in [5.74, 6) is 0. The van der Waals surface area contributed by atoms with E-state index in [1.54, 1.807) is 6.92 Å². The summed E-state index contributed by atoms with van der Waals surface area (Å²) in [4.78, 5) is -1.99. The summed E-state index contributed by atoms with van der Waals surface area (Å²) in [7, 11) is -4.34. The molecule has 1 rings (SSSR count). The predicted octanol–water partition coefficient (Wildman–Crippen LogP) is 0.383. The standard InChI is InChI=1S/C6H12O4S/c1-5(3-4-5)6(2,7)11(8,9)10/h7H,3-4H2,1-2H3,(H,8,9,10). The van der Waals surface area contributed by atoms with Crippen LogP contribution in [0.4, 0.5) is 0 Å². The molecule has 1 fully saturated rings. The third-order valence-electron chi connectivity index (χ3n) is 2.62. The summed E-state index contributed by atoms with van der Waals surface area (Å²) in [6.45, 7) is 2.77. The second-order valence-corrected chi connectivity index (χ2v) is 5.26. The normalized spacial score (nSPS) is 27.6. The van der Waals surface area contributed by atoms with Crippen molar-refractivity contribution >= 4 is 10.1 Å². The van der Waals surface area contributed by atoms with Crippen molar-refractivity contribution in [2.45, 2.75) is 31.6 Å². The lowest BCUT2D eigenvalue weighted by atomic mass is 10.0. The minimum atomic E-state index is -4.34. The van der Waals surface area contributed by atoms with Gasteiger partial charge >= 0.3 is 0 Å². The molecule has 0 radical (unpaired) electrons. The van der Waals surface area contributed by atoms with E-state index in [4.69, 9.17) is 4.55 Å². The van der Waals surface area contributed by atoms with Gasteiger partial charge in [0, 0.05) is 5.41 Å². The monoisotopic (exact) mass is 180 g/mol. The molecule has 0 saturated heterocycles. The largest absolute Gasteiger partial charge is 0.372 e. The van der Waals surface area contributed by atoms with Crippen LogP contribution in [0.15, 0.2) is 0 Å². The number of aliphatic hydroxyl groups is 1. The molecule has 0 heterocycles. The van der Waals surface area contributed by atoms with Gasteiger partial charge in [-0.15, -0.1) is 0 Å². The second-order valence-electron chi connectivity index (χ2n) is 3.52. The van der Waals surface area contributed by atoms with E-state index in [2.05, 4.69) is 0 Å². The highest BCUT2D eigenvalue weighted by molar-refractivity contribution is 7.87. The molecule has 2 N–H and O–H groups in total. The van der Waals surface area contributed by atoms with Gasteiger partial charge in [0.25, 0.3) is 10.1 Å². The molecule has 66 valence electrons. The van der Waals surface area contributed by atoms with Crippen LogP contribution < -0.4 is 0 Å². The molecule has 1 atom stereocenters. The summed E-state index contributed by atoms with van der Waals surface area (Å²) in [5, 5.41) is 9.41. The van der Waals surface area contributed by atoms with E-state index >= 15 is 0 Å². The molecule has 1 aliphatic rings. The van der Waals surface area contributed by atoms with E-state index in [0.717, 1.165) is 6.92 Å². The molecular weight excluding hydrogens is 168 g/mol. The van der Waals surface area contributed by atoms with Crippen LogP contribution in [0.2, 0.25) is 0 Å². The maximum atomic E-state index is 10.6. The molecule has 0 aromatic heterocycles. The summed E-state index contributed by atoms with van der Waals surface area (Å²) in [6.07, 6.45) is 1.28. The zero-order valence-electron chi connectivity index (χ0n) is 6.53. The third-order valence-corrected chi connectivity index (χ3v) is 4.12. The Balaban J connectivity index is 3.01. The quantitative estimate of drug-likeness (QED) is 0.602. The highest BCUT2D eigenvalue weighted by atomic mass is 32.2. The summed E-state index contributed by atoms with van der Waals surface area (Å²) in [6, 6.07) is 0. The van der Waals surface area contributed by atoms with Gasteiger partial charge < -0.3 is 5.11 Å². The van der Waals surface area contributed by atoms with Crippen LogP contribution in [0.5, 0.6) is 0 Å². The van der Waals surface area contributed by atoms with Gasteiger partial charge in [-0.3, -0.25) is 4.55 Å². The number of hydrogen-bond acceptors (Lipinski definition) is 3. The van der Waals surface area contributed by atoms with E-state index in [1.807, 2.05) is 0 Å². The first-order valence-corrected chi connectivity index (χ1v) is 4.84. The third kappa shape index (κ3) is 1.17. The number of hydrogen-bond donors (Lipinski definition) is 2. The van der Waals surface area contributed by atoms with Gasteiger partial charge in [-0.1, -0.05) is 6.92 Å². The lowest BCUT2D eigenvalue weighted by molar-refractivity contribution is 0.0639. The van der Waals surface area contributed by atoms with Crippen LogP contribution in [0.1, 0.15) is 26.7 Å². The summed E-state index contributed by atoms with van der Waals surface area (Å²) >= 11 is 0. The number of rotatable bonds is 2. The Morgan fingerprint density at radius 1 is 1.45 bits per heavy atom. The topological polar surface area (TPSA) is 74.6 Å². The van der Waals surface area contributed by atoms with E-state index in [1.165, 1.54) is 0 Å². The minimum absolute atomic E-state index is 0.639. The molecule has 1 aliphatic carbocycles. The van der Waals surface area contributed by atoms with Crippen LogP contribution in [-0.4, -0.2) is 23.0 Å². The van der Waals surface area contributed by atoms with Crippen molar-refractivity contribution in [3.8, 4) is 0 Å². The molecule has 1 saturated carbocycles. The minimum Gasteiger partial charge on any atom is -0.372 e. The fourth-order valence-electron chi connectivity index (χ4n) is 0.963. The Labute approximate surface area is 66.0 Å². The molecular formula is C6H12O4S. The van der Waals surface area contributed by atoms with Gasteiger partial charge in [-0.25, -0.2) is 0 Å². The van der Waals surface area contributed by atoms with Gasteiger partial charge in [0.15, 0.2) is 4.93 Å². The van der Waals surface area contributed by atoms with Crippen molar-refractivity contribution in [3.63, 3.8) is 0 Å². The van der Waals surface area contributed by atoms with Crippen LogP contribution in [0.3, 0.4) is 0 Å². The van der Waals surface area contributed by atoms with Crippen LogP contribution in [-0.2, 0) is 10.1 Å². The maximum Gasteiger partial charge on any atom is 0.295 e. The Kier molecular flexibility index (Phi) is 1.60. The maximum absolute atomic E-state index is 10.6. The lowest BCUT2D eigenvalue weighted by Crippen LogP contribution is -2.42. The predicted molar refractivity (Wildman–Crippen MR) is 39.5 cm³/mol. The molecule has 0 spiro atoms. The second kappa shape index (κ2) is 1.97. The smallest absolute Gasteiger partial charge is 0.295 e. The fraction of sp³-hybridized carbons (Fsp3) is 1.00. The summed E-state index contributed by atoms with van der Waals surface area (Å²) < 4.78 is 29.9. The van der Waals surface area contributed by atoms with Gasteiger partial charge in [0.2, 0.25) is 0 Å². The van der Waals surface area contributed by atoms with Gasteiger partial charge in [0.05, 0.1) is 0 Å². The van der Waals surface area contributed by atoms with Crippen LogP contribution in [0.25, 0.3) is 0 Å². The Morgan fingerprint density at radius 2 is 1.82 bits per heavy atom. The lowest BCUT2D eigenvalue weighted by Gasteiger charge is -2.26. The SMILES string of the molecule is CC1(C(C)(O)S(=O)(=O)O)CC1. The average Bonchev–Trinajstić information content (AvgIpc) is 2.45. The van der Waals surface area contributed by atoms with Gasteiger partial charge in [-0.05, 0) is 19.8 Å². The first kappa shape index (κ1) is 8.96. The molecule has 0 aliphatic heterocycles. The van der Waals surface area contributed by atoms with Crippen molar-refractivity contribution < 1.29 is 18.1 Å². The molecule has 0 aromatic carbocycles. The van der Waals surface area contributed by atoms with Crippen LogP contribution in [0, 0.1) is 5.41 Å². The van der Waals surface area contributed by atoms with Gasteiger partial charge in [0.1, 0.15) is 0 Å². The molecule has 0 aromatic rings. The van der Waals surface area contributed by atoms with Gasteiger partial charge in [-0.2, -0.15) is 8.42 Å². The first-order chi connectivity index (χ1) is 4.71. The van der Waals surface area contributed by atoms with Crippen molar-refractivity contribution in [2.75, 3.05) is 0 Å². The molecule has 1 unspecified atom stereocenters. The molecule has 0 bridgehead atoms. The van der Waals surface area contributed by atoms with Crippen molar-refractivity contribution in [2.24, 2.45) is 5.41 Å². The summed E-state index contributed by atoms with van der Waals surface area (Å²) in [5.41, 5.74) is -0.652. The zero-order chi connectivity index (χ0) is 8.91. The van der Waals surface area contributed by atoms with E-state index in [-0.39, 0.29) is 0 Å². The molecule has 4 nitrogen and oxygen atoms in total. The highest BCUT2D eigenvalue weighted by Crippen LogP contribution is 2.55. The molecule has 0 amide bonds. The Morgan fingerprint density at radius 3 is 1.91 bits per heavy atom. The van der Waals surface area contributed by atoms with Crippen molar-refractivity contribution in [1.29, 1.82) is 0 Å². The fourth-order valence-corrected chi connectivity index (χ4v) is 1.79. The van der Waals surface area contributed by atoms with E-state index in [0.29, 0.717) is 12.8 Å². The zero-order valence-corrected chi connectivity index (χ0v) is 7.35. The van der Waals surface area contributed by atoms with Crippen molar-refractivity contribution in [3.05, 3.63) is 0 Å². The molecule has 11 heavy (non-hydrogen) atoms. The molecule has 5 heteroatoms. The highest BCUT2D eigenvalue weighted by Gasteiger charge is 2.59. The first-order valence-electron chi connectivity index (χ1n) is 3.40. The van der Waals surface area contributed by atoms with Crippen molar-refractivity contribution in [1.82, 2.24) is 0 Å². The Hall–Kier alpha value is -0.130. The van der Waals surface area contributed by atoms with E-state index < -0.39 is 20.5 Å².